The molecule has 4 aliphatic carbocycles. The fourth-order valence-corrected chi connectivity index (χ4v) is 10.7. The van der Waals surface area contributed by atoms with Crippen LogP contribution in [0.5, 0.6) is 0 Å². The van der Waals surface area contributed by atoms with Gasteiger partial charge in [-0.2, -0.15) is 0 Å². The van der Waals surface area contributed by atoms with Crippen LogP contribution in [0.2, 0.25) is 0 Å². The highest BCUT2D eigenvalue weighted by Gasteiger charge is 2.62. The third-order valence-corrected chi connectivity index (χ3v) is 12.5. The zero-order chi connectivity index (χ0) is 22.8. The molecule has 2 nitrogen and oxygen atoms in total. The molecule has 0 radical (unpaired) electrons. The highest BCUT2D eigenvalue weighted by molar-refractivity contribution is 6.31. The molecule has 4 saturated carbocycles. The highest BCUT2D eigenvalue weighted by Crippen LogP contribution is 2.69. The molecule has 5 rings (SSSR count). The van der Waals surface area contributed by atoms with Gasteiger partial charge in [0.15, 0.2) is 0 Å². The number of amides is 1. The van der Waals surface area contributed by atoms with Crippen LogP contribution in [0.1, 0.15) is 105 Å². The first-order valence-corrected chi connectivity index (χ1v) is 14.5. The summed E-state index contributed by atoms with van der Waals surface area (Å²) < 4.78 is 0. The standard InChI is InChI=1S/C29H48ClNO/c1-17(2)7-6-8-18(3)22-11-12-23-20-10-9-19-15-25-21(26(30)27(32)31-25)16-29(19,5)24(20)13-14-28(22,23)4/h17-26H,6-16H2,1-5H3,(H,31,32)/t18-,19+,20+,21-,22-,23+,24+,25+,26-,28-,29+/m1/s1. The van der Waals surface area contributed by atoms with E-state index in [0.29, 0.717) is 22.8 Å². The summed E-state index contributed by atoms with van der Waals surface area (Å²) in [4.78, 5) is 12.3. The molecule has 5 fully saturated rings. The Morgan fingerprint density at radius 1 is 0.969 bits per heavy atom. The van der Waals surface area contributed by atoms with E-state index in [0.717, 1.165) is 41.4 Å². The van der Waals surface area contributed by atoms with Crippen LogP contribution in [0.4, 0.5) is 0 Å². The van der Waals surface area contributed by atoms with Crippen LogP contribution < -0.4 is 5.32 Å². The van der Waals surface area contributed by atoms with Gasteiger partial charge in [0.1, 0.15) is 5.38 Å². The Labute approximate surface area is 202 Å². The summed E-state index contributed by atoms with van der Waals surface area (Å²) in [5, 5.41) is 2.95. The first-order chi connectivity index (χ1) is 15.1. The van der Waals surface area contributed by atoms with E-state index in [9.17, 15) is 4.79 Å². The number of fused-ring (bicyclic) bond motifs is 6. The fourth-order valence-electron chi connectivity index (χ4n) is 10.3. The van der Waals surface area contributed by atoms with Crippen molar-refractivity contribution < 1.29 is 4.79 Å². The van der Waals surface area contributed by atoms with E-state index in [1.165, 1.54) is 70.6 Å². The number of carbonyl (C=O) groups is 1. The van der Waals surface area contributed by atoms with Crippen molar-refractivity contribution in [3.8, 4) is 0 Å². The van der Waals surface area contributed by atoms with Gasteiger partial charge in [0.2, 0.25) is 5.91 Å². The Morgan fingerprint density at radius 3 is 2.47 bits per heavy atom. The Balaban J connectivity index is 1.31. The zero-order valence-electron chi connectivity index (χ0n) is 21.3. The van der Waals surface area contributed by atoms with Gasteiger partial charge in [-0.1, -0.05) is 53.9 Å². The van der Waals surface area contributed by atoms with Crippen molar-refractivity contribution in [3.05, 3.63) is 0 Å². The zero-order valence-corrected chi connectivity index (χ0v) is 22.1. The summed E-state index contributed by atoms with van der Waals surface area (Å²) in [5.74, 6) is 6.60. The summed E-state index contributed by atoms with van der Waals surface area (Å²) in [6.45, 7) is 12.6. The van der Waals surface area contributed by atoms with Gasteiger partial charge in [-0.25, -0.2) is 0 Å². The third-order valence-electron chi connectivity index (χ3n) is 12.0. The lowest BCUT2D eigenvalue weighted by Gasteiger charge is -2.62. The maximum absolute atomic E-state index is 12.3. The molecule has 3 heteroatoms. The van der Waals surface area contributed by atoms with Crippen molar-refractivity contribution in [1.29, 1.82) is 0 Å². The van der Waals surface area contributed by atoms with Crippen LogP contribution >= 0.6 is 11.6 Å². The number of alkyl halides is 1. The molecule has 0 spiro atoms. The van der Waals surface area contributed by atoms with Crippen LogP contribution in [0.3, 0.4) is 0 Å². The van der Waals surface area contributed by atoms with Gasteiger partial charge in [-0.15, -0.1) is 11.6 Å². The van der Waals surface area contributed by atoms with Crippen LogP contribution in [0, 0.1) is 58.2 Å². The average Bonchev–Trinajstić information content (AvgIpc) is 3.22. The van der Waals surface area contributed by atoms with Gasteiger partial charge in [-0.05, 0) is 104 Å². The topological polar surface area (TPSA) is 29.1 Å². The van der Waals surface area contributed by atoms with Crippen LogP contribution in [0.15, 0.2) is 0 Å². The summed E-state index contributed by atoms with van der Waals surface area (Å²) in [5.41, 5.74) is 0.963. The summed E-state index contributed by atoms with van der Waals surface area (Å²) in [6.07, 6.45) is 15.2. The summed E-state index contributed by atoms with van der Waals surface area (Å²) in [6, 6.07) is 0.344. The average molecular weight is 462 g/mol. The first-order valence-electron chi connectivity index (χ1n) is 14.1. The summed E-state index contributed by atoms with van der Waals surface area (Å²) in [7, 11) is 0. The molecule has 0 bridgehead atoms. The second-order valence-electron chi connectivity index (χ2n) is 13.8. The normalized spacial score (nSPS) is 50.9. The lowest BCUT2D eigenvalue weighted by Crippen LogP contribution is -2.56. The number of hydrogen-bond donors (Lipinski definition) is 1. The first kappa shape index (κ1) is 23.5. The molecule has 1 saturated heterocycles. The van der Waals surface area contributed by atoms with Gasteiger partial charge in [0.05, 0.1) is 0 Å². The molecule has 5 aliphatic rings. The van der Waals surface area contributed by atoms with E-state index in [4.69, 9.17) is 11.6 Å². The lowest BCUT2D eigenvalue weighted by molar-refractivity contribution is -0.124. The van der Waals surface area contributed by atoms with E-state index in [1.54, 1.807) is 0 Å². The molecular formula is C29H48ClNO. The van der Waals surface area contributed by atoms with E-state index in [-0.39, 0.29) is 11.3 Å². The molecule has 1 heterocycles. The van der Waals surface area contributed by atoms with Crippen molar-refractivity contribution in [1.82, 2.24) is 5.32 Å². The molecular weight excluding hydrogens is 414 g/mol. The number of carbonyl (C=O) groups excluding carboxylic acids is 1. The number of rotatable bonds is 5. The molecule has 32 heavy (non-hydrogen) atoms. The van der Waals surface area contributed by atoms with Crippen LogP contribution in [-0.4, -0.2) is 17.3 Å². The second kappa shape index (κ2) is 8.46. The van der Waals surface area contributed by atoms with Crippen LogP contribution in [0.25, 0.3) is 0 Å². The van der Waals surface area contributed by atoms with Crippen molar-refractivity contribution in [2.75, 3.05) is 0 Å². The number of nitrogens with one attached hydrogen (secondary N) is 1. The monoisotopic (exact) mass is 461 g/mol. The van der Waals surface area contributed by atoms with Crippen LogP contribution in [-0.2, 0) is 4.79 Å². The van der Waals surface area contributed by atoms with E-state index in [2.05, 4.69) is 39.9 Å². The predicted molar refractivity (Wildman–Crippen MR) is 134 cm³/mol. The maximum Gasteiger partial charge on any atom is 0.238 e. The molecule has 0 aromatic heterocycles. The van der Waals surface area contributed by atoms with Crippen molar-refractivity contribution in [3.63, 3.8) is 0 Å². The van der Waals surface area contributed by atoms with Gasteiger partial charge in [-0.3, -0.25) is 4.79 Å². The Bertz CT molecular complexity index is 722. The highest BCUT2D eigenvalue weighted by atomic mass is 35.5. The molecule has 11 atom stereocenters. The molecule has 1 aliphatic heterocycles. The Kier molecular flexibility index (Phi) is 6.21. The Morgan fingerprint density at radius 2 is 1.72 bits per heavy atom. The van der Waals surface area contributed by atoms with Crippen molar-refractivity contribution in [2.45, 2.75) is 117 Å². The summed E-state index contributed by atoms with van der Waals surface area (Å²) >= 11 is 6.62. The smallest absolute Gasteiger partial charge is 0.238 e. The maximum atomic E-state index is 12.3. The molecule has 0 aromatic carbocycles. The molecule has 0 unspecified atom stereocenters. The van der Waals surface area contributed by atoms with Gasteiger partial charge in [0.25, 0.3) is 0 Å². The van der Waals surface area contributed by atoms with E-state index < -0.39 is 0 Å². The van der Waals surface area contributed by atoms with Crippen molar-refractivity contribution >= 4 is 17.5 Å². The lowest BCUT2D eigenvalue weighted by atomic mass is 9.43. The number of halogens is 1. The van der Waals surface area contributed by atoms with Gasteiger partial charge < -0.3 is 5.32 Å². The molecule has 1 amide bonds. The van der Waals surface area contributed by atoms with E-state index >= 15 is 0 Å². The molecule has 0 aromatic rings. The largest absolute Gasteiger partial charge is 0.352 e. The SMILES string of the molecule is CC(C)CCC[C@@H](C)[C@H]1CC[C@H]2[C@@H]3CC[C@H]4C[C@@H]5NC(=O)[C@H](Cl)[C@@H]5C[C@]4(C)[C@H]3CC[C@]12C. The minimum absolute atomic E-state index is 0.0989. The van der Waals surface area contributed by atoms with Crippen molar-refractivity contribution in [2.24, 2.45) is 58.2 Å². The molecule has 1 N–H and O–H groups in total. The quantitative estimate of drug-likeness (QED) is 0.423. The fraction of sp³-hybridized carbons (Fsp3) is 0.966. The number of hydrogen-bond acceptors (Lipinski definition) is 1. The minimum Gasteiger partial charge on any atom is -0.352 e. The van der Waals surface area contributed by atoms with Gasteiger partial charge >= 0.3 is 0 Å². The van der Waals surface area contributed by atoms with Gasteiger partial charge in [0, 0.05) is 12.0 Å². The minimum atomic E-state index is -0.297. The molecule has 182 valence electrons. The second-order valence-corrected chi connectivity index (χ2v) is 14.3. The Hall–Kier alpha value is -0.240. The third kappa shape index (κ3) is 3.59. The van der Waals surface area contributed by atoms with E-state index in [1.807, 2.05) is 0 Å². The predicted octanol–water partition coefficient (Wildman–Crippen LogP) is 7.44.